The maximum absolute atomic E-state index is 11.6. The lowest BCUT2D eigenvalue weighted by atomic mass is 9.99. The minimum atomic E-state index is -0.217. The molecule has 1 heterocycles. The van der Waals surface area contributed by atoms with Crippen molar-refractivity contribution in [1.82, 2.24) is 10.2 Å². The largest absolute Gasteiger partial charge is 0.402 e. The van der Waals surface area contributed by atoms with Crippen molar-refractivity contribution in [2.24, 2.45) is 5.73 Å². The van der Waals surface area contributed by atoms with Crippen LogP contribution in [-0.2, 0) is 4.79 Å². The van der Waals surface area contributed by atoms with Gasteiger partial charge in [0.1, 0.15) is 5.82 Å². The third-order valence-corrected chi connectivity index (χ3v) is 4.15. The number of amides is 1. The minimum absolute atomic E-state index is 0.0678. The van der Waals surface area contributed by atoms with Gasteiger partial charge in [0.15, 0.2) is 0 Å². The number of nitrogens with one attached hydrogen (secondary N) is 2. The summed E-state index contributed by atoms with van der Waals surface area (Å²) in [5, 5.41) is 6.31. The molecule has 0 saturated carbocycles. The fourth-order valence-electron chi connectivity index (χ4n) is 3.00. The predicted octanol–water partition coefficient (Wildman–Crippen LogP) is 3.43. The fourth-order valence-corrected chi connectivity index (χ4v) is 3.00. The van der Waals surface area contributed by atoms with Crippen LogP contribution in [0.25, 0.3) is 0 Å². The van der Waals surface area contributed by atoms with Gasteiger partial charge >= 0.3 is 0 Å². The number of hydrogen-bond donors (Lipinski definition) is 3. The van der Waals surface area contributed by atoms with Crippen molar-refractivity contribution in [2.45, 2.75) is 32.9 Å². The maximum Gasteiger partial charge on any atom is 0.247 e. The van der Waals surface area contributed by atoms with Gasteiger partial charge in [-0.25, -0.2) is 0 Å². The molecule has 0 aromatic heterocycles. The summed E-state index contributed by atoms with van der Waals surface area (Å²) in [6.45, 7) is 9.52. The van der Waals surface area contributed by atoms with Crippen LogP contribution in [0.2, 0.25) is 0 Å². The van der Waals surface area contributed by atoms with Crippen molar-refractivity contribution in [1.29, 1.82) is 0 Å². The fraction of sp³-hybridized carbons (Fsp3) is 0.286. The first-order chi connectivity index (χ1) is 12.3. The van der Waals surface area contributed by atoms with E-state index in [1.165, 1.54) is 11.6 Å². The summed E-state index contributed by atoms with van der Waals surface area (Å²) in [6.07, 6.45) is 7.58. The second-order valence-corrected chi connectivity index (χ2v) is 6.66. The molecule has 0 spiro atoms. The minimum Gasteiger partial charge on any atom is -0.402 e. The van der Waals surface area contributed by atoms with E-state index in [-0.39, 0.29) is 18.0 Å². The highest BCUT2D eigenvalue weighted by Gasteiger charge is 2.22. The van der Waals surface area contributed by atoms with E-state index in [2.05, 4.69) is 54.2 Å². The van der Waals surface area contributed by atoms with Crippen LogP contribution < -0.4 is 16.4 Å². The molecule has 5 heteroatoms. The molecule has 0 fully saturated rings. The number of nitrogens with two attached hydrogens (primary N) is 1. The SMILES string of the molecule is C=CC(=O)Nc1cccc(C2C=C(C)C=C(NC(C)/C=C(/C)N)N2C)c1. The standard InChI is InChI=1S/C21H28N4O/c1-6-21(26)24-18-9-7-8-17(13-18)19-10-14(2)11-20(25(19)5)23-16(4)12-15(3)22/h6-13,16,19,23H,1,22H2,2-5H3,(H,24,26)/b15-12-. The van der Waals surface area contributed by atoms with Crippen LogP contribution >= 0.6 is 0 Å². The van der Waals surface area contributed by atoms with Gasteiger partial charge < -0.3 is 21.3 Å². The van der Waals surface area contributed by atoms with E-state index in [4.69, 9.17) is 5.73 Å². The monoisotopic (exact) mass is 352 g/mol. The third-order valence-electron chi connectivity index (χ3n) is 4.15. The van der Waals surface area contributed by atoms with Crippen LogP contribution in [0.3, 0.4) is 0 Å². The van der Waals surface area contributed by atoms with Gasteiger partial charge in [-0.1, -0.05) is 24.8 Å². The quantitative estimate of drug-likeness (QED) is 0.686. The van der Waals surface area contributed by atoms with Gasteiger partial charge in [0.05, 0.1) is 6.04 Å². The van der Waals surface area contributed by atoms with E-state index in [0.29, 0.717) is 0 Å². The predicted molar refractivity (Wildman–Crippen MR) is 108 cm³/mol. The van der Waals surface area contributed by atoms with E-state index in [9.17, 15) is 4.79 Å². The number of allylic oxidation sites excluding steroid dienone is 3. The van der Waals surface area contributed by atoms with Gasteiger partial charge in [-0.3, -0.25) is 4.79 Å². The lowest BCUT2D eigenvalue weighted by Gasteiger charge is -2.35. The summed E-state index contributed by atoms with van der Waals surface area (Å²) < 4.78 is 0. The average Bonchev–Trinajstić information content (AvgIpc) is 2.57. The highest BCUT2D eigenvalue weighted by atomic mass is 16.1. The Hall–Kier alpha value is -2.95. The van der Waals surface area contributed by atoms with E-state index < -0.39 is 0 Å². The molecule has 0 bridgehead atoms. The first kappa shape index (κ1) is 19.4. The maximum atomic E-state index is 11.6. The number of carbonyl (C=O) groups excluding carboxylic acids is 1. The van der Waals surface area contributed by atoms with Crippen molar-refractivity contribution in [2.75, 3.05) is 12.4 Å². The number of hydrogen-bond acceptors (Lipinski definition) is 4. The van der Waals surface area contributed by atoms with Gasteiger partial charge in [-0.05, 0) is 62.3 Å². The lowest BCUT2D eigenvalue weighted by molar-refractivity contribution is -0.111. The number of benzene rings is 1. The summed E-state index contributed by atoms with van der Waals surface area (Å²) in [6, 6.07) is 8.06. The van der Waals surface area contributed by atoms with E-state index in [0.717, 1.165) is 22.8 Å². The van der Waals surface area contributed by atoms with Gasteiger partial charge in [0, 0.05) is 24.5 Å². The molecule has 0 radical (unpaired) electrons. The van der Waals surface area contributed by atoms with Crippen LogP contribution in [0.15, 0.2) is 72.2 Å². The molecule has 2 atom stereocenters. The average molecular weight is 352 g/mol. The molecule has 1 aromatic rings. The Morgan fingerprint density at radius 2 is 2.15 bits per heavy atom. The second kappa shape index (κ2) is 8.43. The zero-order valence-corrected chi connectivity index (χ0v) is 15.9. The number of anilines is 1. The van der Waals surface area contributed by atoms with Gasteiger partial charge in [0.2, 0.25) is 5.91 Å². The Morgan fingerprint density at radius 3 is 2.81 bits per heavy atom. The zero-order valence-electron chi connectivity index (χ0n) is 15.9. The van der Waals surface area contributed by atoms with Gasteiger partial charge in [-0.2, -0.15) is 0 Å². The van der Waals surface area contributed by atoms with Crippen LogP contribution in [0.1, 0.15) is 32.4 Å². The molecule has 138 valence electrons. The Kier molecular flexibility index (Phi) is 6.28. The van der Waals surface area contributed by atoms with Crippen molar-refractivity contribution in [3.63, 3.8) is 0 Å². The van der Waals surface area contributed by atoms with Crippen LogP contribution in [-0.4, -0.2) is 23.9 Å². The third kappa shape index (κ3) is 5.02. The van der Waals surface area contributed by atoms with E-state index in [1.807, 2.05) is 38.2 Å². The molecule has 1 aliphatic heterocycles. The molecule has 4 N–H and O–H groups in total. The molecular formula is C21H28N4O. The first-order valence-corrected chi connectivity index (χ1v) is 8.67. The van der Waals surface area contributed by atoms with Crippen LogP contribution in [0.4, 0.5) is 5.69 Å². The Bertz CT molecular complexity index is 772. The molecule has 0 aliphatic carbocycles. The highest BCUT2D eigenvalue weighted by molar-refractivity contribution is 5.98. The molecule has 0 saturated heterocycles. The molecule has 2 rings (SSSR count). The van der Waals surface area contributed by atoms with Gasteiger partial charge in [0.25, 0.3) is 0 Å². The summed E-state index contributed by atoms with van der Waals surface area (Å²) >= 11 is 0. The number of nitrogens with zero attached hydrogens (tertiary/aromatic N) is 1. The van der Waals surface area contributed by atoms with Gasteiger partial charge in [-0.15, -0.1) is 0 Å². The Balaban J connectivity index is 2.24. The van der Waals surface area contributed by atoms with Crippen molar-refractivity contribution >= 4 is 11.6 Å². The lowest BCUT2D eigenvalue weighted by Crippen LogP contribution is -2.37. The number of rotatable bonds is 6. The van der Waals surface area contributed by atoms with Crippen LogP contribution in [0.5, 0.6) is 0 Å². The van der Waals surface area contributed by atoms with Crippen molar-refractivity contribution in [3.8, 4) is 0 Å². The van der Waals surface area contributed by atoms with E-state index in [1.54, 1.807) is 0 Å². The Labute approximate surface area is 156 Å². The summed E-state index contributed by atoms with van der Waals surface area (Å²) in [5.74, 6) is 0.811. The highest BCUT2D eigenvalue weighted by Crippen LogP contribution is 2.31. The first-order valence-electron chi connectivity index (χ1n) is 8.67. The number of likely N-dealkylation sites (N-methyl/N-ethyl adjacent to an activating group) is 1. The molecule has 1 aliphatic rings. The molecule has 5 nitrogen and oxygen atoms in total. The second-order valence-electron chi connectivity index (χ2n) is 6.66. The molecule has 2 unspecified atom stereocenters. The molecule has 1 amide bonds. The number of carbonyl (C=O) groups is 1. The normalized spacial score (nSPS) is 18.5. The summed E-state index contributed by atoms with van der Waals surface area (Å²) in [4.78, 5) is 13.7. The molecular weight excluding hydrogens is 324 g/mol. The zero-order chi connectivity index (χ0) is 19.3. The Morgan fingerprint density at radius 1 is 1.42 bits per heavy atom. The summed E-state index contributed by atoms with van der Waals surface area (Å²) in [5.41, 5.74) is 9.60. The molecule has 26 heavy (non-hydrogen) atoms. The smallest absolute Gasteiger partial charge is 0.247 e. The van der Waals surface area contributed by atoms with Crippen molar-refractivity contribution < 1.29 is 4.79 Å². The van der Waals surface area contributed by atoms with Crippen LogP contribution in [0, 0.1) is 0 Å². The topological polar surface area (TPSA) is 70.4 Å². The van der Waals surface area contributed by atoms with E-state index >= 15 is 0 Å². The van der Waals surface area contributed by atoms with Crippen molar-refractivity contribution in [3.05, 3.63) is 77.8 Å². The summed E-state index contributed by atoms with van der Waals surface area (Å²) in [7, 11) is 2.05. The molecule has 1 aromatic carbocycles.